The first kappa shape index (κ1) is 8.72. The molecule has 2 nitrogen and oxygen atoms in total. The third-order valence-electron chi connectivity index (χ3n) is 2.07. The number of Topliss-reactive ketones (excluding diaryl/α,β-unsaturated/α-hetero) is 1. The molecule has 1 fully saturated rings. The van der Waals surface area contributed by atoms with Gasteiger partial charge in [0.2, 0.25) is 0 Å². The van der Waals surface area contributed by atoms with Gasteiger partial charge in [0, 0.05) is 5.92 Å². The molecule has 1 rings (SSSR count). The Morgan fingerprint density at radius 2 is 2.18 bits per heavy atom. The average Bonchev–Trinajstić information content (AvgIpc) is 2.71. The van der Waals surface area contributed by atoms with Crippen molar-refractivity contribution in [1.29, 1.82) is 0 Å². The highest BCUT2D eigenvalue weighted by Gasteiger charge is 2.20. The Labute approximate surface area is 68.4 Å². The highest BCUT2D eigenvalue weighted by molar-refractivity contribution is 5.82. The summed E-state index contributed by atoms with van der Waals surface area (Å²) < 4.78 is 0. The van der Waals surface area contributed by atoms with E-state index in [-0.39, 0.29) is 5.92 Å². The van der Waals surface area contributed by atoms with Gasteiger partial charge in [0.15, 0.2) is 0 Å². The van der Waals surface area contributed by atoms with Gasteiger partial charge in [0.05, 0.1) is 6.54 Å². The molecule has 0 spiro atoms. The Kier molecular flexibility index (Phi) is 3.06. The van der Waals surface area contributed by atoms with Crippen LogP contribution in [-0.2, 0) is 4.79 Å². The van der Waals surface area contributed by atoms with E-state index in [0.29, 0.717) is 12.3 Å². The molecule has 0 atom stereocenters. The molecule has 0 saturated heterocycles. The molecular weight excluding hydrogens is 138 g/mol. The maximum absolute atomic E-state index is 11.1. The molecule has 0 unspecified atom stereocenters. The number of nitrogens with one attached hydrogen (secondary N) is 1. The lowest BCUT2D eigenvalue weighted by Crippen LogP contribution is -2.27. The fourth-order valence-corrected chi connectivity index (χ4v) is 0.926. The summed E-state index contributed by atoms with van der Waals surface area (Å²) in [5.41, 5.74) is 0. The first-order valence-corrected chi connectivity index (χ1v) is 4.43. The third-order valence-corrected chi connectivity index (χ3v) is 2.07. The maximum Gasteiger partial charge on any atom is 0.149 e. The summed E-state index contributed by atoms with van der Waals surface area (Å²) in [6.45, 7) is 5.49. The lowest BCUT2D eigenvalue weighted by Gasteiger charge is -2.04. The predicted octanol–water partition coefficient (Wildman–Crippen LogP) is 1.21. The summed E-state index contributed by atoms with van der Waals surface area (Å²) >= 11 is 0. The van der Waals surface area contributed by atoms with E-state index in [4.69, 9.17) is 0 Å². The maximum atomic E-state index is 11.1. The van der Waals surface area contributed by atoms with Crippen LogP contribution in [0.3, 0.4) is 0 Å². The van der Waals surface area contributed by atoms with Crippen LogP contribution in [0.1, 0.15) is 26.7 Å². The average molecular weight is 155 g/mol. The molecule has 64 valence electrons. The zero-order valence-electron chi connectivity index (χ0n) is 7.39. The third kappa shape index (κ3) is 3.51. The second-order valence-electron chi connectivity index (χ2n) is 3.70. The summed E-state index contributed by atoms with van der Waals surface area (Å²) in [5.74, 6) is 1.38. The van der Waals surface area contributed by atoms with E-state index in [9.17, 15) is 4.79 Å². The topological polar surface area (TPSA) is 29.1 Å². The predicted molar refractivity (Wildman–Crippen MR) is 45.4 cm³/mol. The molecule has 1 N–H and O–H groups in total. The van der Waals surface area contributed by atoms with Gasteiger partial charge >= 0.3 is 0 Å². The zero-order chi connectivity index (χ0) is 8.27. The van der Waals surface area contributed by atoms with Gasteiger partial charge in [-0.1, -0.05) is 13.8 Å². The molecule has 0 amide bonds. The first-order chi connectivity index (χ1) is 5.20. The van der Waals surface area contributed by atoms with Crippen molar-refractivity contribution in [2.24, 2.45) is 11.8 Å². The summed E-state index contributed by atoms with van der Waals surface area (Å²) in [5, 5.41) is 3.18. The molecule has 0 aliphatic heterocycles. The van der Waals surface area contributed by atoms with Crippen LogP contribution in [0.2, 0.25) is 0 Å². The normalized spacial score (nSPS) is 17.4. The van der Waals surface area contributed by atoms with E-state index >= 15 is 0 Å². The quantitative estimate of drug-likeness (QED) is 0.646. The minimum absolute atomic E-state index is 0.182. The Balaban J connectivity index is 1.96. The minimum Gasteiger partial charge on any atom is -0.310 e. The van der Waals surface area contributed by atoms with Gasteiger partial charge in [-0.2, -0.15) is 0 Å². The largest absolute Gasteiger partial charge is 0.310 e. The molecule has 2 heteroatoms. The van der Waals surface area contributed by atoms with E-state index < -0.39 is 0 Å². The van der Waals surface area contributed by atoms with Crippen LogP contribution in [0.4, 0.5) is 0 Å². The lowest BCUT2D eigenvalue weighted by atomic mass is 10.1. The van der Waals surface area contributed by atoms with Crippen molar-refractivity contribution >= 4 is 5.78 Å². The lowest BCUT2D eigenvalue weighted by molar-refractivity contribution is -0.121. The molecule has 1 aliphatic rings. The molecular formula is C9H17NO. The van der Waals surface area contributed by atoms with E-state index in [1.807, 2.05) is 13.8 Å². The van der Waals surface area contributed by atoms with Crippen molar-refractivity contribution in [2.45, 2.75) is 26.7 Å². The molecule has 0 aromatic carbocycles. The molecule has 0 heterocycles. The van der Waals surface area contributed by atoms with Crippen LogP contribution >= 0.6 is 0 Å². The second-order valence-corrected chi connectivity index (χ2v) is 3.70. The van der Waals surface area contributed by atoms with Gasteiger partial charge in [-0.25, -0.2) is 0 Å². The van der Waals surface area contributed by atoms with Crippen LogP contribution in [0, 0.1) is 11.8 Å². The standard InChI is InChI=1S/C9H17NO/c1-7(2)9(11)6-10-5-8-3-4-8/h7-8,10H,3-6H2,1-2H3. The van der Waals surface area contributed by atoms with Crippen LogP contribution in [-0.4, -0.2) is 18.9 Å². The summed E-state index contributed by atoms with van der Waals surface area (Å²) in [7, 11) is 0. The number of hydrogen-bond donors (Lipinski definition) is 1. The van der Waals surface area contributed by atoms with Crippen molar-refractivity contribution in [3.05, 3.63) is 0 Å². The monoisotopic (exact) mass is 155 g/mol. The number of ketones is 1. The van der Waals surface area contributed by atoms with Gasteiger partial charge < -0.3 is 5.32 Å². The Morgan fingerprint density at radius 3 is 2.64 bits per heavy atom. The number of hydrogen-bond acceptors (Lipinski definition) is 2. The van der Waals surface area contributed by atoms with Crippen molar-refractivity contribution in [1.82, 2.24) is 5.32 Å². The van der Waals surface area contributed by atoms with Crippen LogP contribution in [0.25, 0.3) is 0 Å². The minimum atomic E-state index is 0.182. The molecule has 11 heavy (non-hydrogen) atoms. The number of rotatable bonds is 5. The summed E-state index contributed by atoms with van der Waals surface area (Å²) in [4.78, 5) is 11.1. The van der Waals surface area contributed by atoms with Crippen molar-refractivity contribution in [3.63, 3.8) is 0 Å². The smallest absolute Gasteiger partial charge is 0.149 e. The van der Waals surface area contributed by atoms with Gasteiger partial charge in [0.25, 0.3) is 0 Å². The fraction of sp³-hybridized carbons (Fsp3) is 0.889. The van der Waals surface area contributed by atoms with Crippen LogP contribution in [0.15, 0.2) is 0 Å². The first-order valence-electron chi connectivity index (χ1n) is 4.43. The van der Waals surface area contributed by atoms with Gasteiger partial charge in [-0.3, -0.25) is 4.79 Å². The van der Waals surface area contributed by atoms with Crippen molar-refractivity contribution < 1.29 is 4.79 Å². The number of carbonyl (C=O) groups is 1. The molecule has 0 aromatic rings. The Hall–Kier alpha value is -0.370. The van der Waals surface area contributed by atoms with Gasteiger partial charge in [-0.15, -0.1) is 0 Å². The molecule has 1 aliphatic carbocycles. The van der Waals surface area contributed by atoms with E-state index in [1.165, 1.54) is 12.8 Å². The Bertz CT molecular complexity index is 138. The van der Waals surface area contributed by atoms with E-state index in [0.717, 1.165) is 12.5 Å². The second kappa shape index (κ2) is 3.86. The van der Waals surface area contributed by atoms with Gasteiger partial charge in [0.1, 0.15) is 5.78 Å². The van der Waals surface area contributed by atoms with E-state index in [2.05, 4.69) is 5.32 Å². The van der Waals surface area contributed by atoms with Gasteiger partial charge in [-0.05, 0) is 25.3 Å². The molecule has 1 saturated carbocycles. The summed E-state index contributed by atoms with van der Waals surface area (Å²) in [6, 6.07) is 0. The highest BCUT2D eigenvalue weighted by Crippen LogP contribution is 2.27. The molecule has 0 radical (unpaired) electrons. The fourth-order valence-electron chi connectivity index (χ4n) is 0.926. The molecule has 0 aromatic heterocycles. The highest BCUT2D eigenvalue weighted by atomic mass is 16.1. The van der Waals surface area contributed by atoms with Crippen LogP contribution in [0.5, 0.6) is 0 Å². The van der Waals surface area contributed by atoms with Crippen molar-refractivity contribution in [3.8, 4) is 0 Å². The molecule has 0 bridgehead atoms. The van der Waals surface area contributed by atoms with Crippen LogP contribution < -0.4 is 5.32 Å². The summed E-state index contributed by atoms with van der Waals surface area (Å²) in [6.07, 6.45) is 2.70. The SMILES string of the molecule is CC(C)C(=O)CNCC1CC1. The van der Waals surface area contributed by atoms with E-state index in [1.54, 1.807) is 0 Å². The zero-order valence-corrected chi connectivity index (χ0v) is 7.39. The number of carbonyl (C=O) groups excluding carboxylic acids is 1. The Morgan fingerprint density at radius 1 is 1.55 bits per heavy atom. The van der Waals surface area contributed by atoms with Crippen molar-refractivity contribution in [2.75, 3.05) is 13.1 Å².